The van der Waals surface area contributed by atoms with Gasteiger partial charge in [0.25, 0.3) is 0 Å². The van der Waals surface area contributed by atoms with Gasteiger partial charge in [-0.05, 0) is 69.5 Å². The number of hydrogen-bond acceptors (Lipinski definition) is 6. The summed E-state index contributed by atoms with van der Waals surface area (Å²) >= 11 is 0. The van der Waals surface area contributed by atoms with Crippen LogP contribution < -0.4 is 22.1 Å². The molecule has 0 saturated carbocycles. The second-order valence-corrected chi connectivity index (χ2v) is 9.28. The molecule has 2 atom stereocenters. The average molecular weight is 454 g/mol. The number of urea groups is 1. The van der Waals surface area contributed by atoms with Crippen LogP contribution in [0.1, 0.15) is 32.3 Å². The third-order valence-electron chi connectivity index (χ3n) is 6.80. The summed E-state index contributed by atoms with van der Waals surface area (Å²) in [5.74, 6) is 0.884. The summed E-state index contributed by atoms with van der Waals surface area (Å²) in [4.78, 5) is 33.4. The molecule has 3 heterocycles. The summed E-state index contributed by atoms with van der Waals surface area (Å²) in [6, 6.07) is 9.77. The Hall–Kier alpha value is -2.75. The third-order valence-corrected chi connectivity index (χ3v) is 6.80. The Balaban J connectivity index is 1.36. The fourth-order valence-corrected chi connectivity index (χ4v) is 4.65. The second-order valence-electron chi connectivity index (χ2n) is 9.28. The molecule has 1 aromatic heterocycles. The van der Waals surface area contributed by atoms with Crippen LogP contribution in [0.2, 0.25) is 0 Å². The summed E-state index contributed by atoms with van der Waals surface area (Å²) in [5.41, 5.74) is 7.59. The first-order chi connectivity index (χ1) is 15.9. The standard InChI is InChI=1S/C24H35N7O2/c1-17-15-26-10-14-30(17)23(32)27-22-9-13-31(24(33)28-22)21-5-3-19(4-6-21)16-29-11-7-20(8-12-29)18(2)25/h3-6,9,13,17-18,20,26H,7-8,10-12,14-16,25H2,1-2H3,(H,27,28,32,33)/t17-,18+/m1/s1. The number of hydrogen-bond donors (Lipinski definition) is 3. The Bertz CT molecular complexity index is 997. The Kier molecular flexibility index (Phi) is 7.42. The number of rotatable bonds is 5. The molecule has 178 valence electrons. The third kappa shape index (κ3) is 5.79. The van der Waals surface area contributed by atoms with E-state index in [-0.39, 0.29) is 23.9 Å². The predicted molar refractivity (Wildman–Crippen MR) is 130 cm³/mol. The topological polar surface area (TPSA) is 109 Å². The van der Waals surface area contributed by atoms with Crippen molar-refractivity contribution in [3.63, 3.8) is 0 Å². The molecule has 0 spiro atoms. The van der Waals surface area contributed by atoms with Gasteiger partial charge in [-0.3, -0.25) is 14.8 Å². The van der Waals surface area contributed by atoms with Crippen molar-refractivity contribution < 1.29 is 4.79 Å². The van der Waals surface area contributed by atoms with Crippen LogP contribution in [0, 0.1) is 5.92 Å². The molecule has 2 aliphatic heterocycles. The number of piperidine rings is 1. The van der Waals surface area contributed by atoms with Gasteiger partial charge in [0.15, 0.2) is 0 Å². The normalized spacial score (nSPS) is 21.1. The van der Waals surface area contributed by atoms with Crippen LogP contribution in [0.4, 0.5) is 10.6 Å². The molecule has 4 N–H and O–H groups in total. The van der Waals surface area contributed by atoms with Gasteiger partial charge in [-0.25, -0.2) is 9.59 Å². The van der Waals surface area contributed by atoms with Crippen molar-refractivity contribution in [2.75, 3.05) is 38.0 Å². The molecule has 1 aromatic carbocycles. The van der Waals surface area contributed by atoms with E-state index in [1.807, 2.05) is 19.1 Å². The fourth-order valence-electron chi connectivity index (χ4n) is 4.65. The van der Waals surface area contributed by atoms with Crippen LogP contribution >= 0.6 is 0 Å². The van der Waals surface area contributed by atoms with Crippen molar-refractivity contribution in [1.29, 1.82) is 0 Å². The van der Waals surface area contributed by atoms with Crippen LogP contribution in [-0.4, -0.2) is 70.2 Å². The van der Waals surface area contributed by atoms with E-state index in [1.165, 1.54) is 10.1 Å². The molecule has 2 aromatic rings. The number of amides is 2. The van der Waals surface area contributed by atoms with Crippen LogP contribution in [-0.2, 0) is 6.54 Å². The van der Waals surface area contributed by atoms with Gasteiger partial charge in [0.05, 0.1) is 5.69 Å². The molecule has 2 saturated heterocycles. The molecule has 0 aliphatic carbocycles. The molecule has 9 heteroatoms. The van der Waals surface area contributed by atoms with Gasteiger partial charge in [0, 0.05) is 44.5 Å². The van der Waals surface area contributed by atoms with Crippen molar-refractivity contribution in [3.8, 4) is 5.69 Å². The van der Waals surface area contributed by atoms with E-state index in [2.05, 4.69) is 39.6 Å². The second kappa shape index (κ2) is 10.5. The number of nitrogens with zero attached hydrogens (tertiary/aromatic N) is 4. The van der Waals surface area contributed by atoms with Gasteiger partial charge in [-0.2, -0.15) is 4.98 Å². The van der Waals surface area contributed by atoms with E-state index in [1.54, 1.807) is 17.2 Å². The fraction of sp³-hybridized carbons (Fsp3) is 0.542. The highest BCUT2D eigenvalue weighted by Gasteiger charge is 2.24. The van der Waals surface area contributed by atoms with Crippen LogP contribution in [0.5, 0.6) is 0 Å². The zero-order valence-electron chi connectivity index (χ0n) is 19.5. The lowest BCUT2D eigenvalue weighted by Crippen LogP contribution is -2.53. The number of anilines is 1. The molecule has 2 amide bonds. The summed E-state index contributed by atoms with van der Waals surface area (Å²) in [7, 11) is 0. The largest absolute Gasteiger partial charge is 0.354 e. The zero-order chi connectivity index (χ0) is 23.4. The number of likely N-dealkylation sites (tertiary alicyclic amines) is 1. The van der Waals surface area contributed by atoms with Gasteiger partial charge in [0.1, 0.15) is 5.82 Å². The van der Waals surface area contributed by atoms with Crippen molar-refractivity contribution in [2.45, 2.75) is 45.3 Å². The quantitative estimate of drug-likeness (QED) is 0.635. The van der Waals surface area contributed by atoms with E-state index >= 15 is 0 Å². The number of aromatic nitrogens is 2. The van der Waals surface area contributed by atoms with Crippen LogP contribution in [0.15, 0.2) is 41.3 Å². The average Bonchev–Trinajstić information content (AvgIpc) is 2.80. The number of carbonyl (C=O) groups is 1. The smallest absolute Gasteiger partial charge is 0.328 e. The first kappa shape index (κ1) is 23.4. The Morgan fingerprint density at radius 1 is 1.21 bits per heavy atom. The lowest BCUT2D eigenvalue weighted by atomic mass is 9.91. The first-order valence-corrected chi connectivity index (χ1v) is 11.9. The molecule has 33 heavy (non-hydrogen) atoms. The van der Waals surface area contributed by atoms with E-state index in [0.717, 1.165) is 51.3 Å². The molecule has 0 bridgehead atoms. The van der Waals surface area contributed by atoms with Crippen LogP contribution in [0.3, 0.4) is 0 Å². The molecular formula is C24H35N7O2. The predicted octanol–water partition coefficient (Wildman–Crippen LogP) is 1.62. The Morgan fingerprint density at radius 2 is 1.94 bits per heavy atom. The van der Waals surface area contributed by atoms with Gasteiger partial charge in [-0.1, -0.05) is 12.1 Å². The first-order valence-electron chi connectivity index (χ1n) is 11.9. The SMILES string of the molecule is C[C@H](N)C1CCN(Cc2ccc(-n3ccc(NC(=O)N4CCNC[C@H]4C)nc3=O)cc2)CC1. The minimum absolute atomic E-state index is 0.0909. The molecule has 9 nitrogen and oxygen atoms in total. The van der Waals surface area contributed by atoms with E-state index in [0.29, 0.717) is 12.5 Å². The summed E-state index contributed by atoms with van der Waals surface area (Å²) in [6.07, 6.45) is 3.94. The number of nitrogens with one attached hydrogen (secondary N) is 2. The highest BCUT2D eigenvalue weighted by Crippen LogP contribution is 2.21. The highest BCUT2D eigenvalue weighted by molar-refractivity contribution is 5.88. The molecule has 2 aliphatic rings. The monoisotopic (exact) mass is 453 g/mol. The van der Waals surface area contributed by atoms with E-state index in [4.69, 9.17) is 5.73 Å². The number of benzene rings is 1. The van der Waals surface area contributed by atoms with Gasteiger partial charge < -0.3 is 16.0 Å². The van der Waals surface area contributed by atoms with Crippen molar-refractivity contribution in [2.24, 2.45) is 11.7 Å². The Labute approximate surface area is 195 Å². The molecular weight excluding hydrogens is 418 g/mol. The summed E-state index contributed by atoms with van der Waals surface area (Å²) in [5, 5.41) is 6.00. The molecule has 2 fully saturated rings. The van der Waals surface area contributed by atoms with E-state index in [9.17, 15) is 9.59 Å². The lowest BCUT2D eigenvalue weighted by Gasteiger charge is -2.33. The summed E-state index contributed by atoms with van der Waals surface area (Å²) in [6.45, 7) is 9.26. The highest BCUT2D eigenvalue weighted by atomic mass is 16.2. The maximum Gasteiger partial charge on any atom is 0.354 e. The maximum absolute atomic E-state index is 12.6. The lowest BCUT2D eigenvalue weighted by molar-refractivity contribution is 0.166. The minimum Gasteiger partial charge on any atom is -0.328 e. The number of piperazine rings is 1. The van der Waals surface area contributed by atoms with E-state index < -0.39 is 5.69 Å². The molecule has 0 radical (unpaired) electrons. The van der Waals surface area contributed by atoms with Crippen molar-refractivity contribution in [1.82, 2.24) is 24.7 Å². The maximum atomic E-state index is 12.6. The van der Waals surface area contributed by atoms with Crippen LogP contribution in [0.25, 0.3) is 5.69 Å². The minimum atomic E-state index is -0.424. The van der Waals surface area contributed by atoms with Crippen molar-refractivity contribution >= 4 is 11.8 Å². The number of nitrogens with two attached hydrogens (primary N) is 1. The zero-order valence-corrected chi connectivity index (χ0v) is 19.5. The molecule has 0 unspecified atom stereocenters. The number of carbonyl (C=O) groups excluding carboxylic acids is 1. The van der Waals surface area contributed by atoms with Crippen molar-refractivity contribution in [3.05, 3.63) is 52.6 Å². The summed E-state index contributed by atoms with van der Waals surface area (Å²) < 4.78 is 1.49. The molecule has 4 rings (SSSR count). The van der Waals surface area contributed by atoms with Gasteiger partial charge in [0.2, 0.25) is 0 Å². The Morgan fingerprint density at radius 3 is 2.58 bits per heavy atom. The van der Waals surface area contributed by atoms with Gasteiger partial charge >= 0.3 is 11.7 Å². The van der Waals surface area contributed by atoms with Gasteiger partial charge in [-0.15, -0.1) is 0 Å².